The molecule has 0 bridgehead atoms. The molecule has 0 radical (unpaired) electrons. The number of imidazole rings is 1. The summed E-state index contributed by atoms with van der Waals surface area (Å²) in [5.74, 6) is 0.759. The van der Waals surface area contributed by atoms with Crippen molar-refractivity contribution in [1.29, 1.82) is 0 Å². The molecule has 2 aromatic heterocycles. The van der Waals surface area contributed by atoms with Gasteiger partial charge in [0.15, 0.2) is 5.65 Å². The molecule has 0 saturated carbocycles. The van der Waals surface area contributed by atoms with Gasteiger partial charge in [-0.3, -0.25) is 0 Å². The number of hydrogen-bond donors (Lipinski definition) is 0. The van der Waals surface area contributed by atoms with Gasteiger partial charge in [-0.05, 0) is 19.2 Å². The molecule has 1 saturated heterocycles. The van der Waals surface area contributed by atoms with Gasteiger partial charge >= 0.3 is 0 Å². The quantitative estimate of drug-likeness (QED) is 0.728. The summed E-state index contributed by atoms with van der Waals surface area (Å²) >= 11 is 0. The summed E-state index contributed by atoms with van der Waals surface area (Å²) < 4.78 is 2.16. The van der Waals surface area contributed by atoms with Gasteiger partial charge < -0.3 is 9.47 Å². The monoisotopic (exact) mass is 202 g/mol. The Morgan fingerprint density at radius 1 is 1.40 bits per heavy atom. The van der Waals surface area contributed by atoms with Crippen LogP contribution in [-0.2, 0) is 6.54 Å². The van der Waals surface area contributed by atoms with Crippen LogP contribution in [0.1, 0.15) is 0 Å². The van der Waals surface area contributed by atoms with E-state index >= 15 is 0 Å². The van der Waals surface area contributed by atoms with Crippen LogP contribution in [0.25, 0.3) is 11.2 Å². The van der Waals surface area contributed by atoms with Crippen molar-refractivity contribution >= 4 is 11.2 Å². The van der Waals surface area contributed by atoms with Crippen LogP contribution in [0.3, 0.4) is 0 Å². The van der Waals surface area contributed by atoms with Crippen molar-refractivity contribution in [3.8, 4) is 0 Å². The van der Waals surface area contributed by atoms with E-state index in [2.05, 4.69) is 26.5 Å². The number of hydrogen-bond acceptors (Lipinski definition) is 3. The summed E-state index contributed by atoms with van der Waals surface area (Å²) in [4.78, 5) is 11.0. The summed E-state index contributed by atoms with van der Waals surface area (Å²) in [6, 6.07) is 3.93. The van der Waals surface area contributed by atoms with Crippen LogP contribution >= 0.6 is 0 Å². The van der Waals surface area contributed by atoms with Gasteiger partial charge in [-0.2, -0.15) is 0 Å². The molecule has 4 heteroatoms. The van der Waals surface area contributed by atoms with Gasteiger partial charge in [-0.1, -0.05) is 0 Å². The molecule has 3 rings (SSSR count). The fourth-order valence-electron chi connectivity index (χ4n) is 2.25. The second-order valence-corrected chi connectivity index (χ2v) is 4.33. The Hall–Kier alpha value is -1.42. The second-order valence-electron chi connectivity index (χ2n) is 4.33. The number of fused-ring (bicyclic) bond motifs is 1. The SMILES string of the molecule is CN1CC(Cn2cnc3cccnc32)C1. The van der Waals surface area contributed by atoms with E-state index in [-0.39, 0.29) is 0 Å². The van der Waals surface area contributed by atoms with E-state index in [4.69, 9.17) is 0 Å². The van der Waals surface area contributed by atoms with Crippen LogP contribution in [0.4, 0.5) is 0 Å². The third-order valence-corrected chi connectivity index (χ3v) is 2.97. The predicted octanol–water partition coefficient (Wildman–Crippen LogP) is 0.993. The molecular formula is C11H14N4. The van der Waals surface area contributed by atoms with Crippen LogP contribution < -0.4 is 0 Å². The molecule has 0 unspecified atom stereocenters. The highest BCUT2D eigenvalue weighted by atomic mass is 15.2. The smallest absolute Gasteiger partial charge is 0.159 e. The Morgan fingerprint density at radius 3 is 3.07 bits per heavy atom. The van der Waals surface area contributed by atoms with Gasteiger partial charge in [-0.15, -0.1) is 0 Å². The lowest BCUT2D eigenvalue weighted by Crippen LogP contribution is -2.45. The molecule has 15 heavy (non-hydrogen) atoms. The molecule has 1 aliphatic heterocycles. The van der Waals surface area contributed by atoms with Crippen molar-refractivity contribution in [2.75, 3.05) is 20.1 Å². The van der Waals surface area contributed by atoms with Crippen LogP contribution in [0.15, 0.2) is 24.7 Å². The summed E-state index contributed by atoms with van der Waals surface area (Å²) in [6.45, 7) is 3.41. The Morgan fingerprint density at radius 2 is 2.27 bits per heavy atom. The Bertz CT molecular complexity index is 470. The van der Waals surface area contributed by atoms with E-state index in [1.807, 2.05) is 24.7 Å². The summed E-state index contributed by atoms with van der Waals surface area (Å²) in [5, 5.41) is 0. The average Bonchev–Trinajstić information content (AvgIpc) is 2.60. The van der Waals surface area contributed by atoms with E-state index in [0.717, 1.165) is 23.6 Å². The Kier molecular flexibility index (Phi) is 1.95. The van der Waals surface area contributed by atoms with Crippen molar-refractivity contribution in [2.45, 2.75) is 6.54 Å². The highest BCUT2D eigenvalue weighted by Crippen LogP contribution is 2.17. The molecule has 2 aromatic rings. The zero-order chi connectivity index (χ0) is 10.3. The van der Waals surface area contributed by atoms with Crippen molar-refractivity contribution in [1.82, 2.24) is 19.4 Å². The molecule has 3 heterocycles. The molecule has 78 valence electrons. The predicted molar refractivity (Wildman–Crippen MR) is 58.5 cm³/mol. The van der Waals surface area contributed by atoms with Crippen molar-refractivity contribution in [3.05, 3.63) is 24.7 Å². The molecule has 0 spiro atoms. The van der Waals surface area contributed by atoms with Gasteiger partial charge in [0.2, 0.25) is 0 Å². The lowest BCUT2D eigenvalue weighted by atomic mass is 10.0. The number of pyridine rings is 1. The molecule has 1 fully saturated rings. The standard InChI is InChI=1S/C11H14N4/c1-14-5-9(6-14)7-15-8-13-10-3-2-4-12-11(10)15/h2-4,8-9H,5-7H2,1H3. The zero-order valence-corrected chi connectivity index (χ0v) is 8.80. The first kappa shape index (κ1) is 8.85. The maximum absolute atomic E-state index is 4.36. The van der Waals surface area contributed by atoms with Gasteiger partial charge in [0.1, 0.15) is 5.52 Å². The lowest BCUT2D eigenvalue weighted by molar-refractivity contribution is 0.120. The number of nitrogens with zero attached hydrogens (tertiary/aromatic N) is 4. The summed E-state index contributed by atoms with van der Waals surface area (Å²) in [6.07, 6.45) is 3.73. The first-order valence-electron chi connectivity index (χ1n) is 5.27. The number of aromatic nitrogens is 3. The average molecular weight is 202 g/mol. The van der Waals surface area contributed by atoms with Gasteiger partial charge in [0.05, 0.1) is 6.33 Å². The largest absolute Gasteiger partial charge is 0.315 e. The second kappa shape index (κ2) is 3.31. The maximum atomic E-state index is 4.36. The van der Waals surface area contributed by atoms with Gasteiger partial charge in [0, 0.05) is 31.7 Å². The minimum Gasteiger partial charge on any atom is -0.315 e. The highest BCUT2D eigenvalue weighted by molar-refractivity contribution is 5.69. The lowest BCUT2D eigenvalue weighted by Gasteiger charge is -2.36. The first-order chi connectivity index (χ1) is 7.33. The van der Waals surface area contributed by atoms with E-state index in [9.17, 15) is 0 Å². The topological polar surface area (TPSA) is 34.0 Å². The normalized spacial score (nSPS) is 18.2. The van der Waals surface area contributed by atoms with Gasteiger partial charge in [-0.25, -0.2) is 9.97 Å². The van der Waals surface area contributed by atoms with Crippen LogP contribution in [0, 0.1) is 5.92 Å². The molecule has 0 N–H and O–H groups in total. The van der Waals surface area contributed by atoms with E-state index in [1.165, 1.54) is 13.1 Å². The Balaban J connectivity index is 1.85. The van der Waals surface area contributed by atoms with Crippen molar-refractivity contribution < 1.29 is 0 Å². The van der Waals surface area contributed by atoms with E-state index in [0.29, 0.717) is 0 Å². The Labute approximate surface area is 88.6 Å². The summed E-state index contributed by atoms with van der Waals surface area (Å²) in [5.41, 5.74) is 2.00. The maximum Gasteiger partial charge on any atom is 0.159 e. The number of rotatable bonds is 2. The molecule has 0 atom stereocenters. The minimum absolute atomic E-state index is 0.759. The van der Waals surface area contributed by atoms with E-state index < -0.39 is 0 Å². The van der Waals surface area contributed by atoms with E-state index in [1.54, 1.807) is 0 Å². The van der Waals surface area contributed by atoms with Crippen LogP contribution in [0.5, 0.6) is 0 Å². The summed E-state index contributed by atoms with van der Waals surface area (Å²) in [7, 11) is 2.15. The van der Waals surface area contributed by atoms with Crippen molar-refractivity contribution in [3.63, 3.8) is 0 Å². The first-order valence-corrected chi connectivity index (χ1v) is 5.27. The third kappa shape index (κ3) is 1.51. The molecular weight excluding hydrogens is 188 g/mol. The minimum atomic E-state index is 0.759. The molecule has 4 nitrogen and oxygen atoms in total. The highest BCUT2D eigenvalue weighted by Gasteiger charge is 2.23. The molecule has 0 aliphatic carbocycles. The zero-order valence-electron chi connectivity index (χ0n) is 8.80. The molecule has 0 amide bonds. The molecule has 1 aliphatic rings. The molecule has 0 aromatic carbocycles. The number of likely N-dealkylation sites (tertiary alicyclic amines) is 1. The van der Waals surface area contributed by atoms with Crippen molar-refractivity contribution in [2.24, 2.45) is 5.92 Å². The fraction of sp³-hybridized carbons (Fsp3) is 0.455. The van der Waals surface area contributed by atoms with Gasteiger partial charge in [0.25, 0.3) is 0 Å². The third-order valence-electron chi connectivity index (χ3n) is 2.97. The van der Waals surface area contributed by atoms with Crippen LogP contribution in [-0.4, -0.2) is 39.6 Å². The van der Waals surface area contributed by atoms with Crippen LogP contribution in [0.2, 0.25) is 0 Å². The fourth-order valence-corrected chi connectivity index (χ4v) is 2.25.